The minimum Gasteiger partial charge on any atom is -0.337 e. The number of nitrogens with zero attached hydrogens (tertiary/aromatic N) is 7. The van der Waals surface area contributed by atoms with Crippen LogP contribution in [0.2, 0.25) is 0 Å². The normalized spacial score (nSPS) is 14.3. The lowest BCUT2D eigenvalue weighted by Gasteiger charge is -2.26. The van der Waals surface area contributed by atoms with Crippen LogP contribution in [-0.4, -0.2) is 57.1 Å². The summed E-state index contributed by atoms with van der Waals surface area (Å²) in [5.74, 6) is 1.32. The van der Waals surface area contributed by atoms with Gasteiger partial charge in [-0.1, -0.05) is 13.0 Å². The molecule has 5 rings (SSSR count). The molecule has 0 unspecified atom stereocenters. The second-order valence-electron chi connectivity index (χ2n) is 8.46. The molecule has 180 valence electrons. The molecule has 0 radical (unpaired) electrons. The van der Waals surface area contributed by atoms with Crippen molar-refractivity contribution in [2.24, 2.45) is 0 Å². The zero-order chi connectivity index (χ0) is 24.6. The Morgan fingerprint density at radius 2 is 1.89 bits per heavy atom. The van der Waals surface area contributed by atoms with E-state index in [9.17, 15) is 8.42 Å². The Hall–Kier alpha value is -3.86. The number of sulfone groups is 1. The molecule has 35 heavy (non-hydrogen) atoms. The number of aromatic nitrogens is 6. The first-order valence-electron chi connectivity index (χ1n) is 11.4. The number of aryl methyl sites for hydroxylation is 2. The van der Waals surface area contributed by atoms with Gasteiger partial charge in [0.1, 0.15) is 0 Å². The first kappa shape index (κ1) is 22.9. The highest BCUT2D eigenvalue weighted by Crippen LogP contribution is 2.28. The molecule has 0 saturated heterocycles. The Labute approximate surface area is 203 Å². The Morgan fingerprint density at radius 3 is 2.54 bits per heavy atom. The van der Waals surface area contributed by atoms with Gasteiger partial charge in [-0.3, -0.25) is 4.40 Å². The quantitative estimate of drug-likeness (QED) is 0.434. The minimum absolute atomic E-state index is 0.0415. The third kappa shape index (κ3) is 4.59. The highest BCUT2D eigenvalue weighted by Gasteiger charge is 2.19. The molecule has 1 N–H and O–H groups in total. The van der Waals surface area contributed by atoms with E-state index in [2.05, 4.69) is 48.1 Å². The molecule has 0 aromatic carbocycles. The van der Waals surface area contributed by atoms with Crippen LogP contribution in [0.3, 0.4) is 0 Å². The van der Waals surface area contributed by atoms with Gasteiger partial charge in [-0.25, -0.2) is 33.3 Å². The number of rotatable bonds is 6. The lowest BCUT2D eigenvalue weighted by molar-refractivity contribution is 0.598. The van der Waals surface area contributed by atoms with Crippen molar-refractivity contribution in [1.29, 1.82) is 0 Å². The van der Waals surface area contributed by atoms with E-state index in [-0.39, 0.29) is 5.03 Å². The monoisotopic (exact) mass is 490 g/mol. The Bertz CT molecular complexity index is 1530. The van der Waals surface area contributed by atoms with E-state index in [1.807, 2.05) is 29.2 Å². The van der Waals surface area contributed by atoms with Crippen LogP contribution < -0.4 is 10.2 Å². The molecule has 0 saturated carbocycles. The molecular formula is C24H26N8O2S. The highest BCUT2D eigenvalue weighted by molar-refractivity contribution is 7.90. The second-order valence-corrected chi connectivity index (χ2v) is 10.4. The van der Waals surface area contributed by atoms with Gasteiger partial charge in [-0.05, 0) is 43.0 Å². The van der Waals surface area contributed by atoms with Crippen LogP contribution in [0.1, 0.15) is 30.3 Å². The van der Waals surface area contributed by atoms with E-state index in [1.165, 1.54) is 11.6 Å². The van der Waals surface area contributed by atoms with Gasteiger partial charge < -0.3 is 10.2 Å². The Morgan fingerprint density at radius 1 is 1.09 bits per heavy atom. The molecule has 10 nitrogen and oxygen atoms in total. The summed E-state index contributed by atoms with van der Waals surface area (Å²) in [7, 11) is -3.37. The second kappa shape index (κ2) is 9.06. The van der Waals surface area contributed by atoms with Gasteiger partial charge in [0.15, 0.2) is 26.3 Å². The van der Waals surface area contributed by atoms with Crippen LogP contribution in [0.15, 0.2) is 54.2 Å². The molecule has 11 heteroatoms. The lowest BCUT2D eigenvalue weighted by atomic mass is 10.1. The molecule has 1 aliphatic heterocycles. The van der Waals surface area contributed by atoms with Crippen LogP contribution in [-0.2, 0) is 16.3 Å². The summed E-state index contributed by atoms with van der Waals surface area (Å²) in [5, 5.41) is 3.29. The molecule has 4 aromatic rings. The van der Waals surface area contributed by atoms with E-state index >= 15 is 0 Å². The zero-order valence-electron chi connectivity index (χ0n) is 19.8. The molecule has 0 aliphatic carbocycles. The van der Waals surface area contributed by atoms with Crippen molar-refractivity contribution >= 4 is 38.5 Å². The predicted octanol–water partition coefficient (Wildman–Crippen LogP) is 3.23. The smallest absolute Gasteiger partial charge is 0.225 e. The maximum absolute atomic E-state index is 11.8. The molecule has 4 aromatic heterocycles. The van der Waals surface area contributed by atoms with E-state index in [1.54, 1.807) is 19.2 Å². The SMILES string of the molecule is CCc1cnc(N2CC=C(c3cnc4c(Nc5ccc(S(C)(=O)=O)nc5C)nccn34)CC2)nc1. The van der Waals surface area contributed by atoms with E-state index in [0.717, 1.165) is 49.4 Å². The summed E-state index contributed by atoms with van der Waals surface area (Å²) in [6, 6.07) is 3.18. The van der Waals surface area contributed by atoms with E-state index in [4.69, 9.17) is 0 Å². The average molecular weight is 491 g/mol. The van der Waals surface area contributed by atoms with Crippen LogP contribution in [0.25, 0.3) is 11.2 Å². The average Bonchev–Trinajstić information content (AvgIpc) is 3.30. The standard InChI is InChI=1S/C24H26N8O2S/c1-4-17-13-27-24(28-14-17)31-10-7-18(8-11-31)20-15-26-23-22(25-9-12-32(20)23)30-19-5-6-21(29-16(19)2)35(3,33)34/h5-7,9,12-15H,4,8,10-11H2,1-3H3,(H,25,30). The van der Waals surface area contributed by atoms with Gasteiger partial charge in [0.05, 0.1) is 23.3 Å². The molecule has 0 bridgehead atoms. The molecular weight excluding hydrogens is 464 g/mol. The fraction of sp³-hybridized carbons (Fsp3) is 0.292. The van der Waals surface area contributed by atoms with Gasteiger partial charge in [0.2, 0.25) is 5.95 Å². The summed E-state index contributed by atoms with van der Waals surface area (Å²) in [4.78, 5) is 24.4. The molecule has 1 aliphatic rings. The van der Waals surface area contributed by atoms with Gasteiger partial charge in [-0.2, -0.15) is 0 Å². The first-order chi connectivity index (χ1) is 16.8. The van der Waals surface area contributed by atoms with Crippen LogP contribution >= 0.6 is 0 Å². The highest BCUT2D eigenvalue weighted by atomic mass is 32.2. The lowest BCUT2D eigenvalue weighted by Crippen LogP contribution is -2.30. The molecule has 0 fully saturated rings. The minimum atomic E-state index is -3.37. The topological polar surface area (TPSA) is 118 Å². The Balaban J connectivity index is 1.39. The maximum atomic E-state index is 11.8. The van der Waals surface area contributed by atoms with Crippen LogP contribution in [0.4, 0.5) is 17.5 Å². The van der Waals surface area contributed by atoms with Gasteiger partial charge in [0.25, 0.3) is 0 Å². The summed E-state index contributed by atoms with van der Waals surface area (Å²) in [6.07, 6.45) is 14.3. The number of hydrogen-bond donors (Lipinski definition) is 1. The van der Waals surface area contributed by atoms with Gasteiger partial charge in [-0.15, -0.1) is 0 Å². The summed E-state index contributed by atoms with van der Waals surface area (Å²) >= 11 is 0. The molecule has 0 atom stereocenters. The summed E-state index contributed by atoms with van der Waals surface area (Å²) in [5.41, 5.74) is 5.25. The van der Waals surface area contributed by atoms with Crippen molar-refractivity contribution in [1.82, 2.24) is 29.3 Å². The van der Waals surface area contributed by atoms with Crippen molar-refractivity contribution in [3.8, 4) is 0 Å². The molecule has 5 heterocycles. The number of fused-ring (bicyclic) bond motifs is 1. The molecule has 0 spiro atoms. The van der Waals surface area contributed by atoms with Crippen molar-refractivity contribution in [2.75, 3.05) is 29.6 Å². The summed E-state index contributed by atoms with van der Waals surface area (Å²) < 4.78 is 25.6. The largest absolute Gasteiger partial charge is 0.337 e. The third-order valence-corrected chi connectivity index (χ3v) is 7.03. The number of imidazole rings is 1. The van der Waals surface area contributed by atoms with E-state index < -0.39 is 9.84 Å². The maximum Gasteiger partial charge on any atom is 0.225 e. The zero-order valence-corrected chi connectivity index (χ0v) is 20.6. The van der Waals surface area contributed by atoms with Crippen LogP contribution in [0.5, 0.6) is 0 Å². The van der Waals surface area contributed by atoms with E-state index in [0.29, 0.717) is 22.8 Å². The van der Waals surface area contributed by atoms with Crippen molar-refractivity contribution < 1.29 is 8.42 Å². The van der Waals surface area contributed by atoms with Crippen molar-refractivity contribution in [3.63, 3.8) is 0 Å². The van der Waals surface area contributed by atoms with Gasteiger partial charge >= 0.3 is 0 Å². The summed E-state index contributed by atoms with van der Waals surface area (Å²) in [6.45, 7) is 5.39. The third-order valence-electron chi connectivity index (χ3n) is 6.04. The number of nitrogens with one attached hydrogen (secondary N) is 1. The molecule has 0 amide bonds. The fourth-order valence-corrected chi connectivity index (χ4v) is 4.64. The van der Waals surface area contributed by atoms with Gasteiger partial charge in [0, 0.05) is 44.1 Å². The Kier molecular flexibility index (Phi) is 5.93. The first-order valence-corrected chi connectivity index (χ1v) is 13.2. The number of pyridine rings is 1. The fourth-order valence-electron chi connectivity index (χ4n) is 4.03. The van der Waals surface area contributed by atoms with Crippen LogP contribution in [0, 0.1) is 6.92 Å². The predicted molar refractivity (Wildman–Crippen MR) is 135 cm³/mol. The number of hydrogen-bond acceptors (Lipinski definition) is 9. The van der Waals surface area contributed by atoms with Crippen molar-refractivity contribution in [2.45, 2.75) is 31.7 Å². The number of anilines is 3. The van der Waals surface area contributed by atoms with Crippen molar-refractivity contribution in [3.05, 3.63) is 66.1 Å².